The van der Waals surface area contributed by atoms with Gasteiger partial charge in [-0.1, -0.05) is 13.8 Å². The molecule has 0 saturated heterocycles. The Kier molecular flexibility index (Phi) is 2.33. The number of methoxy groups -OCH3 is 1. The fraction of sp³-hybridized carbons (Fsp3) is 0.500. The van der Waals surface area contributed by atoms with Gasteiger partial charge < -0.3 is 4.74 Å². The molecule has 0 aromatic carbocycles. The van der Waals surface area contributed by atoms with Crippen LogP contribution in [0.25, 0.3) is 0 Å². The van der Waals surface area contributed by atoms with Crippen LogP contribution in [0, 0.1) is 0 Å². The summed E-state index contributed by atoms with van der Waals surface area (Å²) >= 11 is 1.72. The van der Waals surface area contributed by atoms with Crippen molar-refractivity contribution in [2.75, 3.05) is 7.11 Å². The first-order valence-electron chi connectivity index (χ1n) is 3.37. The van der Waals surface area contributed by atoms with Gasteiger partial charge in [0.1, 0.15) is 0 Å². The van der Waals surface area contributed by atoms with Gasteiger partial charge in [-0.15, -0.1) is 11.3 Å². The van der Waals surface area contributed by atoms with Crippen molar-refractivity contribution < 1.29 is 4.74 Å². The Bertz CT molecular complexity index is 203. The summed E-state index contributed by atoms with van der Waals surface area (Å²) in [6.45, 7) is 4.37. The zero-order chi connectivity index (χ0) is 7.56. The molecular formula is C8H12OS. The smallest absolute Gasteiger partial charge is 0.173 e. The summed E-state index contributed by atoms with van der Waals surface area (Å²) in [5, 5.41) is 1.00. The summed E-state index contributed by atoms with van der Waals surface area (Å²) in [6.07, 6.45) is 0. The molecule has 0 saturated carbocycles. The van der Waals surface area contributed by atoms with Crippen LogP contribution in [0.4, 0.5) is 0 Å². The van der Waals surface area contributed by atoms with Crippen LogP contribution in [0.3, 0.4) is 0 Å². The Hall–Kier alpha value is -0.500. The molecule has 0 radical (unpaired) electrons. The highest BCUT2D eigenvalue weighted by Crippen LogP contribution is 2.29. The maximum atomic E-state index is 5.06. The summed E-state index contributed by atoms with van der Waals surface area (Å²) in [5.74, 6) is 0.619. The van der Waals surface area contributed by atoms with Gasteiger partial charge in [-0.3, -0.25) is 0 Å². The van der Waals surface area contributed by atoms with Crippen LogP contribution in [-0.2, 0) is 0 Å². The van der Waals surface area contributed by atoms with Gasteiger partial charge in [0.05, 0.1) is 7.11 Å². The first-order valence-corrected chi connectivity index (χ1v) is 4.19. The zero-order valence-electron chi connectivity index (χ0n) is 6.55. The molecule has 1 aromatic heterocycles. The Morgan fingerprint density at radius 1 is 1.40 bits per heavy atom. The molecule has 2 heteroatoms. The minimum Gasteiger partial charge on any atom is -0.487 e. The molecule has 1 aromatic rings. The Morgan fingerprint density at radius 3 is 2.40 bits per heavy atom. The van der Waals surface area contributed by atoms with E-state index < -0.39 is 0 Å². The van der Waals surface area contributed by atoms with Crippen molar-refractivity contribution in [3.8, 4) is 5.06 Å². The van der Waals surface area contributed by atoms with Crippen molar-refractivity contribution in [3.63, 3.8) is 0 Å². The first-order chi connectivity index (χ1) is 4.74. The lowest BCUT2D eigenvalue weighted by molar-refractivity contribution is 0.427. The van der Waals surface area contributed by atoms with Gasteiger partial charge in [0.2, 0.25) is 0 Å². The second kappa shape index (κ2) is 3.06. The SMILES string of the molecule is COc1ccc(C(C)C)s1. The number of rotatable bonds is 2. The quantitative estimate of drug-likeness (QED) is 0.639. The molecule has 56 valence electrons. The highest BCUT2D eigenvalue weighted by molar-refractivity contribution is 7.13. The predicted molar refractivity (Wildman–Crippen MR) is 45.0 cm³/mol. The molecule has 10 heavy (non-hydrogen) atoms. The van der Waals surface area contributed by atoms with E-state index in [9.17, 15) is 0 Å². The largest absolute Gasteiger partial charge is 0.487 e. The van der Waals surface area contributed by atoms with Crippen molar-refractivity contribution in [3.05, 3.63) is 17.0 Å². The van der Waals surface area contributed by atoms with Crippen LogP contribution in [-0.4, -0.2) is 7.11 Å². The maximum absolute atomic E-state index is 5.06. The molecule has 0 N–H and O–H groups in total. The molecule has 1 nitrogen and oxygen atoms in total. The van der Waals surface area contributed by atoms with Crippen LogP contribution in [0.2, 0.25) is 0 Å². The molecule has 0 spiro atoms. The second-order valence-corrected chi connectivity index (χ2v) is 3.59. The van der Waals surface area contributed by atoms with Gasteiger partial charge in [0.15, 0.2) is 5.06 Å². The Labute approximate surface area is 65.6 Å². The topological polar surface area (TPSA) is 9.23 Å². The van der Waals surface area contributed by atoms with E-state index in [1.807, 2.05) is 6.07 Å². The lowest BCUT2D eigenvalue weighted by Gasteiger charge is -1.96. The van der Waals surface area contributed by atoms with E-state index in [1.54, 1.807) is 18.4 Å². The van der Waals surface area contributed by atoms with E-state index in [0.717, 1.165) is 5.06 Å². The fourth-order valence-electron chi connectivity index (χ4n) is 0.754. The number of ether oxygens (including phenoxy) is 1. The van der Waals surface area contributed by atoms with Gasteiger partial charge >= 0.3 is 0 Å². The third-order valence-electron chi connectivity index (χ3n) is 1.37. The molecule has 0 amide bonds. The molecule has 0 atom stereocenters. The van der Waals surface area contributed by atoms with Crippen LogP contribution >= 0.6 is 11.3 Å². The van der Waals surface area contributed by atoms with Crippen LogP contribution < -0.4 is 4.74 Å². The van der Waals surface area contributed by atoms with E-state index >= 15 is 0 Å². The average Bonchev–Trinajstić information content (AvgIpc) is 2.34. The maximum Gasteiger partial charge on any atom is 0.173 e. The fourth-order valence-corrected chi connectivity index (χ4v) is 1.58. The van der Waals surface area contributed by atoms with Crippen molar-refractivity contribution in [2.24, 2.45) is 0 Å². The van der Waals surface area contributed by atoms with E-state index in [2.05, 4.69) is 19.9 Å². The summed E-state index contributed by atoms with van der Waals surface area (Å²) in [4.78, 5) is 1.39. The van der Waals surface area contributed by atoms with E-state index in [-0.39, 0.29) is 0 Å². The summed E-state index contributed by atoms with van der Waals surface area (Å²) in [6, 6.07) is 4.13. The molecule has 0 aliphatic heterocycles. The minimum absolute atomic E-state index is 0.619. The number of hydrogen-bond acceptors (Lipinski definition) is 2. The minimum atomic E-state index is 0.619. The lowest BCUT2D eigenvalue weighted by Crippen LogP contribution is -1.77. The van der Waals surface area contributed by atoms with Crippen molar-refractivity contribution in [1.29, 1.82) is 0 Å². The van der Waals surface area contributed by atoms with E-state index in [1.165, 1.54) is 4.88 Å². The van der Waals surface area contributed by atoms with Gasteiger partial charge in [0.25, 0.3) is 0 Å². The summed E-state index contributed by atoms with van der Waals surface area (Å²) in [5.41, 5.74) is 0. The molecule has 0 aliphatic rings. The second-order valence-electron chi connectivity index (χ2n) is 2.52. The molecule has 0 bridgehead atoms. The van der Waals surface area contributed by atoms with Crippen LogP contribution in [0.5, 0.6) is 5.06 Å². The van der Waals surface area contributed by atoms with Gasteiger partial charge in [-0.25, -0.2) is 0 Å². The van der Waals surface area contributed by atoms with Crippen LogP contribution in [0.1, 0.15) is 24.6 Å². The normalized spacial score (nSPS) is 10.4. The monoisotopic (exact) mass is 156 g/mol. The molecule has 0 fully saturated rings. The summed E-state index contributed by atoms with van der Waals surface area (Å²) < 4.78 is 5.06. The standard InChI is InChI=1S/C8H12OS/c1-6(2)7-4-5-8(9-3)10-7/h4-6H,1-3H3. The van der Waals surface area contributed by atoms with Gasteiger partial charge in [0, 0.05) is 4.88 Å². The third kappa shape index (κ3) is 1.51. The molecule has 0 unspecified atom stereocenters. The highest BCUT2D eigenvalue weighted by atomic mass is 32.1. The van der Waals surface area contributed by atoms with Crippen molar-refractivity contribution in [2.45, 2.75) is 19.8 Å². The predicted octanol–water partition coefficient (Wildman–Crippen LogP) is 2.88. The molecule has 1 heterocycles. The van der Waals surface area contributed by atoms with Gasteiger partial charge in [-0.2, -0.15) is 0 Å². The first kappa shape index (κ1) is 7.61. The lowest BCUT2D eigenvalue weighted by atomic mass is 10.2. The molecular weight excluding hydrogens is 144 g/mol. The van der Waals surface area contributed by atoms with E-state index in [0.29, 0.717) is 5.92 Å². The molecule has 0 aliphatic carbocycles. The average molecular weight is 156 g/mol. The highest BCUT2D eigenvalue weighted by Gasteiger charge is 2.02. The van der Waals surface area contributed by atoms with Crippen molar-refractivity contribution >= 4 is 11.3 Å². The van der Waals surface area contributed by atoms with Crippen molar-refractivity contribution in [1.82, 2.24) is 0 Å². The van der Waals surface area contributed by atoms with E-state index in [4.69, 9.17) is 4.74 Å². The molecule has 1 rings (SSSR count). The van der Waals surface area contributed by atoms with Gasteiger partial charge in [-0.05, 0) is 18.1 Å². The Balaban J connectivity index is 2.78. The summed E-state index contributed by atoms with van der Waals surface area (Å²) in [7, 11) is 1.70. The number of thiophene rings is 1. The Morgan fingerprint density at radius 2 is 2.10 bits per heavy atom. The third-order valence-corrected chi connectivity index (χ3v) is 2.72. The van der Waals surface area contributed by atoms with Crippen LogP contribution in [0.15, 0.2) is 12.1 Å². The zero-order valence-corrected chi connectivity index (χ0v) is 7.37. The number of hydrogen-bond donors (Lipinski definition) is 0.